The summed E-state index contributed by atoms with van der Waals surface area (Å²) >= 11 is 0. The molecule has 1 aromatic carbocycles. The Hall–Kier alpha value is -2.36. The third-order valence-corrected chi connectivity index (χ3v) is 5.84. The first-order chi connectivity index (χ1) is 13.8. The van der Waals surface area contributed by atoms with Crippen LogP contribution in [0.3, 0.4) is 0 Å². The number of nitrogens with zero attached hydrogens (tertiary/aromatic N) is 1. The van der Waals surface area contributed by atoms with Crippen LogP contribution in [0, 0.1) is 11.3 Å². The first-order valence-corrected chi connectivity index (χ1v) is 10.9. The molecule has 0 radical (unpaired) electrons. The quantitative estimate of drug-likeness (QED) is 0.669. The van der Waals surface area contributed by atoms with Crippen LogP contribution in [0.15, 0.2) is 36.5 Å². The minimum atomic E-state index is -0.484. The first-order valence-electron chi connectivity index (χ1n) is 10.9. The number of carbonyl (C=O) groups is 1. The second-order valence-corrected chi connectivity index (χ2v) is 9.53. The molecule has 0 bridgehead atoms. The van der Waals surface area contributed by atoms with E-state index in [0.717, 1.165) is 24.5 Å². The van der Waals surface area contributed by atoms with Crippen LogP contribution >= 0.6 is 0 Å². The number of ether oxygens (including phenoxy) is 1. The predicted octanol–water partition coefficient (Wildman–Crippen LogP) is 6.07. The van der Waals surface area contributed by atoms with Gasteiger partial charge in [0.1, 0.15) is 5.75 Å². The molecule has 156 valence electrons. The fourth-order valence-corrected chi connectivity index (χ4v) is 4.08. The summed E-state index contributed by atoms with van der Waals surface area (Å²) in [7, 11) is 0. The predicted molar refractivity (Wildman–Crippen MR) is 117 cm³/mol. The van der Waals surface area contributed by atoms with Crippen molar-refractivity contribution >= 4 is 5.91 Å². The Balaban J connectivity index is 1.63. The highest BCUT2D eigenvalue weighted by Gasteiger charge is 2.17. The van der Waals surface area contributed by atoms with E-state index >= 15 is 0 Å². The Morgan fingerprint density at radius 3 is 2.45 bits per heavy atom. The molecule has 1 unspecified atom stereocenters. The molecule has 0 saturated heterocycles. The summed E-state index contributed by atoms with van der Waals surface area (Å²) in [5, 5.41) is 0. The number of nitrogens with two attached hydrogens (primary N) is 1. The third-order valence-electron chi connectivity index (χ3n) is 5.84. The molecule has 1 aliphatic carbocycles. The molecule has 3 rings (SSSR count). The monoisotopic (exact) mass is 394 g/mol. The number of hydrogen-bond acceptors (Lipinski definition) is 3. The highest BCUT2D eigenvalue weighted by molar-refractivity contribution is 5.92. The van der Waals surface area contributed by atoms with Gasteiger partial charge in [0.15, 0.2) is 0 Å². The molecule has 0 saturated carbocycles. The van der Waals surface area contributed by atoms with E-state index < -0.39 is 5.91 Å². The molecule has 1 heterocycles. The second-order valence-electron chi connectivity index (χ2n) is 9.53. The van der Waals surface area contributed by atoms with Crippen LogP contribution in [0.1, 0.15) is 80.8 Å². The SMILES string of the molecule is CC(C)(C)CCC1CCCc2ccc(Oc3ccc(C(N)=O)cn3)cc2CCC1. The normalized spacial score (nSPS) is 17.6. The van der Waals surface area contributed by atoms with Gasteiger partial charge in [-0.25, -0.2) is 4.98 Å². The van der Waals surface area contributed by atoms with Gasteiger partial charge in [-0.15, -0.1) is 0 Å². The molecular weight excluding hydrogens is 360 g/mol. The maximum atomic E-state index is 11.2. The standard InChI is InChI=1S/C25H34N2O2/c1-25(2,3)15-14-18-6-4-8-19-10-12-22(16-20(19)9-5-7-18)29-23-13-11-21(17-27-23)24(26)28/h10-13,16-18H,4-9,14-15H2,1-3H3,(H2,26,28). The van der Waals surface area contributed by atoms with Crippen molar-refractivity contribution in [1.29, 1.82) is 0 Å². The maximum absolute atomic E-state index is 11.2. The highest BCUT2D eigenvalue weighted by Crippen LogP contribution is 2.32. The van der Waals surface area contributed by atoms with Crippen LogP contribution in [0.2, 0.25) is 0 Å². The first kappa shape index (κ1) is 21.4. The molecule has 1 atom stereocenters. The van der Waals surface area contributed by atoms with Crippen molar-refractivity contribution in [3.8, 4) is 11.6 Å². The summed E-state index contributed by atoms with van der Waals surface area (Å²) in [5.41, 5.74) is 8.92. The fraction of sp³-hybridized carbons (Fsp3) is 0.520. The Morgan fingerprint density at radius 2 is 1.83 bits per heavy atom. The van der Waals surface area contributed by atoms with E-state index in [1.54, 1.807) is 12.1 Å². The number of pyridine rings is 1. The molecular formula is C25H34N2O2. The molecule has 4 nitrogen and oxygen atoms in total. The van der Waals surface area contributed by atoms with E-state index in [1.165, 1.54) is 55.8 Å². The van der Waals surface area contributed by atoms with E-state index in [9.17, 15) is 4.79 Å². The lowest BCUT2D eigenvalue weighted by Crippen LogP contribution is -2.10. The van der Waals surface area contributed by atoms with E-state index in [0.29, 0.717) is 16.9 Å². The average Bonchev–Trinajstić information content (AvgIpc) is 2.76. The largest absolute Gasteiger partial charge is 0.439 e. The van der Waals surface area contributed by atoms with E-state index in [1.807, 2.05) is 6.07 Å². The van der Waals surface area contributed by atoms with Crippen molar-refractivity contribution in [2.75, 3.05) is 0 Å². The topological polar surface area (TPSA) is 65.2 Å². The Labute approximate surface area is 174 Å². The number of amides is 1. The van der Waals surface area contributed by atoms with Gasteiger partial charge in [-0.1, -0.05) is 39.7 Å². The lowest BCUT2D eigenvalue weighted by Gasteiger charge is -2.23. The van der Waals surface area contributed by atoms with E-state index in [2.05, 4.69) is 37.9 Å². The van der Waals surface area contributed by atoms with Crippen molar-refractivity contribution in [3.05, 3.63) is 53.2 Å². The minimum Gasteiger partial charge on any atom is -0.439 e. The van der Waals surface area contributed by atoms with Crippen LogP contribution in [-0.2, 0) is 12.8 Å². The zero-order valence-corrected chi connectivity index (χ0v) is 18.0. The molecule has 4 heteroatoms. The molecule has 1 aromatic heterocycles. The lowest BCUT2D eigenvalue weighted by atomic mass is 9.83. The molecule has 1 amide bonds. The summed E-state index contributed by atoms with van der Waals surface area (Å²) in [6, 6.07) is 9.71. The number of benzene rings is 1. The van der Waals surface area contributed by atoms with Gasteiger partial charge in [-0.2, -0.15) is 0 Å². The van der Waals surface area contributed by atoms with Gasteiger partial charge in [0.05, 0.1) is 5.56 Å². The number of primary amides is 1. The summed E-state index contributed by atoms with van der Waals surface area (Å²) < 4.78 is 5.92. The molecule has 2 N–H and O–H groups in total. The Bertz CT molecular complexity index is 822. The van der Waals surface area contributed by atoms with Gasteiger partial charge in [-0.05, 0) is 79.2 Å². The molecule has 1 aliphatic rings. The van der Waals surface area contributed by atoms with Crippen LogP contribution in [0.5, 0.6) is 11.6 Å². The lowest BCUT2D eigenvalue weighted by molar-refractivity contribution is 0.1000. The number of hydrogen-bond donors (Lipinski definition) is 1. The zero-order valence-electron chi connectivity index (χ0n) is 18.0. The van der Waals surface area contributed by atoms with Crippen LogP contribution in [0.4, 0.5) is 0 Å². The number of rotatable bonds is 5. The zero-order chi connectivity index (χ0) is 20.9. The van der Waals surface area contributed by atoms with Crippen LogP contribution in [-0.4, -0.2) is 10.9 Å². The van der Waals surface area contributed by atoms with Crippen LogP contribution in [0.25, 0.3) is 0 Å². The van der Waals surface area contributed by atoms with Gasteiger partial charge in [-0.3, -0.25) is 4.79 Å². The molecule has 0 fully saturated rings. The van der Waals surface area contributed by atoms with Gasteiger partial charge in [0.25, 0.3) is 0 Å². The molecule has 2 aromatic rings. The highest BCUT2D eigenvalue weighted by atomic mass is 16.5. The van der Waals surface area contributed by atoms with Crippen LogP contribution < -0.4 is 10.5 Å². The van der Waals surface area contributed by atoms with Gasteiger partial charge in [0.2, 0.25) is 11.8 Å². The van der Waals surface area contributed by atoms with Gasteiger partial charge >= 0.3 is 0 Å². The molecule has 0 aliphatic heterocycles. The minimum absolute atomic E-state index is 0.382. The van der Waals surface area contributed by atoms with E-state index in [-0.39, 0.29) is 0 Å². The smallest absolute Gasteiger partial charge is 0.250 e. The fourth-order valence-electron chi connectivity index (χ4n) is 4.08. The Kier molecular flexibility index (Phi) is 6.94. The summed E-state index contributed by atoms with van der Waals surface area (Å²) in [4.78, 5) is 15.4. The van der Waals surface area contributed by atoms with Crippen molar-refractivity contribution in [2.45, 2.75) is 72.1 Å². The average molecular weight is 395 g/mol. The molecule has 29 heavy (non-hydrogen) atoms. The summed E-state index contributed by atoms with van der Waals surface area (Å²) in [6.45, 7) is 7.03. The number of aromatic nitrogens is 1. The summed E-state index contributed by atoms with van der Waals surface area (Å²) in [6.07, 6.45) is 11.5. The number of aryl methyl sites for hydroxylation is 2. The van der Waals surface area contributed by atoms with Crippen molar-refractivity contribution in [2.24, 2.45) is 17.1 Å². The Morgan fingerprint density at radius 1 is 1.10 bits per heavy atom. The van der Waals surface area contributed by atoms with Crippen molar-refractivity contribution in [3.63, 3.8) is 0 Å². The summed E-state index contributed by atoms with van der Waals surface area (Å²) in [5.74, 6) is 1.64. The van der Waals surface area contributed by atoms with Gasteiger partial charge < -0.3 is 10.5 Å². The second kappa shape index (κ2) is 9.43. The van der Waals surface area contributed by atoms with Gasteiger partial charge in [0, 0.05) is 12.3 Å². The van der Waals surface area contributed by atoms with Crippen molar-refractivity contribution in [1.82, 2.24) is 4.98 Å². The third kappa shape index (κ3) is 6.59. The number of fused-ring (bicyclic) bond motifs is 1. The van der Waals surface area contributed by atoms with Crippen molar-refractivity contribution < 1.29 is 9.53 Å². The maximum Gasteiger partial charge on any atom is 0.250 e. The number of carbonyl (C=O) groups excluding carboxylic acids is 1. The van der Waals surface area contributed by atoms with E-state index in [4.69, 9.17) is 10.5 Å². The molecule has 0 spiro atoms.